The lowest BCUT2D eigenvalue weighted by atomic mass is 10.0. The number of nitrogens with one attached hydrogen (secondary N) is 1. The Morgan fingerprint density at radius 1 is 1.19 bits per heavy atom. The highest BCUT2D eigenvalue weighted by molar-refractivity contribution is 7.91. The van der Waals surface area contributed by atoms with Crippen molar-refractivity contribution in [3.63, 3.8) is 0 Å². The van der Waals surface area contributed by atoms with E-state index in [1.54, 1.807) is 6.07 Å². The van der Waals surface area contributed by atoms with E-state index in [4.69, 9.17) is 11.6 Å². The molecule has 3 nitrogen and oxygen atoms in total. The van der Waals surface area contributed by atoms with E-state index >= 15 is 0 Å². The van der Waals surface area contributed by atoms with Gasteiger partial charge in [-0.1, -0.05) is 23.7 Å². The molecular formula is C15H13ClFNO2S. The number of halogens is 2. The summed E-state index contributed by atoms with van der Waals surface area (Å²) in [6, 6.07) is 10.7. The monoisotopic (exact) mass is 325 g/mol. The average Bonchev–Trinajstić information content (AvgIpc) is 2.44. The molecule has 0 saturated heterocycles. The first-order chi connectivity index (χ1) is 9.97. The van der Waals surface area contributed by atoms with E-state index < -0.39 is 15.7 Å². The fourth-order valence-electron chi connectivity index (χ4n) is 2.53. The van der Waals surface area contributed by atoms with Crippen LogP contribution >= 0.6 is 11.6 Å². The minimum atomic E-state index is -3.33. The Balaban J connectivity index is 2.03. The summed E-state index contributed by atoms with van der Waals surface area (Å²) in [5.41, 5.74) is 1.17. The number of hydrogen-bond acceptors (Lipinski definition) is 3. The van der Waals surface area contributed by atoms with E-state index in [2.05, 4.69) is 5.32 Å². The molecule has 1 aliphatic rings. The van der Waals surface area contributed by atoms with Gasteiger partial charge in [0, 0.05) is 0 Å². The third kappa shape index (κ3) is 2.76. The highest BCUT2D eigenvalue weighted by Gasteiger charge is 2.30. The predicted octanol–water partition coefficient (Wildman–Crippen LogP) is 3.81. The van der Waals surface area contributed by atoms with Crippen molar-refractivity contribution in [1.82, 2.24) is 0 Å². The molecule has 6 heteroatoms. The number of para-hydroxylation sites is 1. The number of benzene rings is 2. The summed E-state index contributed by atoms with van der Waals surface area (Å²) in [5, 5.41) is 3.75. The lowest BCUT2D eigenvalue weighted by molar-refractivity contribution is 0.570. The van der Waals surface area contributed by atoms with Crippen LogP contribution in [0.3, 0.4) is 0 Å². The zero-order valence-electron chi connectivity index (χ0n) is 11.0. The minimum Gasteiger partial charge on any atom is -0.377 e. The first-order valence-corrected chi connectivity index (χ1v) is 8.54. The molecule has 1 heterocycles. The number of hydrogen-bond donors (Lipinski definition) is 1. The molecule has 21 heavy (non-hydrogen) atoms. The van der Waals surface area contributed by atoms with E-state index in [9.17, 15) is 12.8 Å². The van der Waals surface area contributed by atoms with Crippen LogP contribution in [0.15, 0.2) is 47.4 Å². The molecule has 3 rings (SSSR count). The fourth-order valence-corrected chi connectivity index (χ4v) is 4.32. The van der Waals surface area contributed by atoms with Gasteiger partial charge in [-0.15, -0.1) is 0 Å². The van der Waals surface area contributed by atoms with Gasteiger partial charge in [0.25, 0.3) is 0 Å². The first-order valence-electron chi connectivity index (χ1n) is 6.51. The number of rotatable bonds is 2. The van der Waals surface area contributed by atoms with Crippen LogP contribution in [0.2, 0.25) is 5.02 Å². The van der Waals surface area contributed by atoms with Crippen molar-refractivity contribution >= 4 is 27.1 Å². The van der Waals surface area contributed by atoms with Crippen molar-refractivity contribution in [3.05, 3.63) is 58.9 Å². The second kappa shape index (κ2) is 5.31. The molecule has 0 saturated carbocycles. The Morgan fingerprint density at radius 3 is 2.71 bits per heavy atom. The smallest absolute Gasteiger partial charge is 0.178 e. The maximum atomic E-state index is 13.5. The standard InChI is InChI=1S/C15H13ClFNO2S/c16-12-3-1-2-4-14(12)18-13-7-8-21(19,20)15-6-5-10(17)9-11(13)15/h1-6,9,13,18H,7-8H2. The van der Waals surface area contributed by atoms with Crippen LogP contribution in [0.5, 0.6) is 0 Å². The van der Waals surface area contributed by atoms with Gasteiger partial charge in [-0.2, -0.15) is 0 Å². The van der Waals surface area contributed by atoms with Crippen molar-refractivity contribution < 1.29 is 12.8 Å². The van der Waals surface area contributed by atoms with Crippen LogP contribution < -0.4 is 5.32 Å². The Kier molecular flexibility index (Phi) is 3.63. The van der Waals surface area contributed by atoms with Crippen LogP contribution in [-0.2, 0) is 9.84 Å². The zero-order chi connectivity index (χ0) is 15.0. The van der Waals surface area contributed by atoms with Crippen molar-refractivity contribution in [2.24, 2.45) is 0 Å². The molecule has 0 radical (unpaired) electrons. The second-order valence-electron chi connectivity index (χ2n) is 4.97. The van der Waals surface area contributed by atoms with Crippen LogP contribution in [0, 0.1) is 5.82 Å². The van der Waals surface area contributed by atoms with Gasteiger partial charge in [0.05, 0.1) is 27.4 Å². The molecule has 2 aromatic rings. The van der Waals surface area contributed by atoms with Crippen LogP contribution in [0.25, 0.3) is 0 Å². The highest BCUT2D eigenvalue weighted by Crippen LogP contribution is 2.36. The molecule has 1 aliphatic heterocycles. The van der Waals surface area contributed by atoms with Crippen LogP contribution in [0.4, 0.5) is 10.1 Å². The first kappa shape index (κ1) is 14.4. The van der Waals surface area contributed by atoms with E-state index in [-0.39, 0.29) is 16.7 Å². The molecule has 1 unspecified atom stereocenters. The molecule has 0 bridgehead atoms. The lowest BCUT2D eigenvalue weighted by Crippen LogP contribution is -2.25. The topological polar surface area (TPSA) is 46.2 Å². The van der Waals surface area contributed by atoms with Crippen LogP contribution in [0.1, 0.15) is 18.0 Å². The molecule has 0 spiro atoms. The Labute approximate surface area is 127 Å². The number of fused-ring (bicyclic) bond motifs is 1. The molecule has 0 aliphatic carbocycles. The largest absolute Gasteiger partial charge is 0.377 e. The summed E-state index contributed by atoms with van der Waals surface area (Å²) in [6.07, 6.45) is 0.379. The molecule has 2 aromatic carbocycles. The van der Waals surface area contributed by atoms with Gasteiger partial charge >= 0.3 is 0 Å². The maximum absolute atomic E-state index is 13.5. The van der Waals surface area contributed by atoms with Gasteiger partial charge in [0.15, 0.2) is 9.84 Å². The zero-order valence-corrected chi connectivity index (χ0v) is 12.6. The summed E-state index contributed by atoms with van der Waals surface area (Å²) in [5.74, 6) is -0.412. The second-order valence-corrected chi connectivity index (χ2v) is 7.45. The normalized spacial score (nSPS) is 19.8. The summed E-state index contributed by atoms with van der Waals surface area (Å²) >= 11 is 6.10. The molecule has 0 aromatic heterocycles. The highest BCUT2D eigenvalue weighted by atomic mass is 35.5. The maximum Gasteiger partial charge on any atom is 0.178 e. The van der Waals surface area contributed by atoms with Crippen molar-refractivity contribution in [1.29, 1.82) is 0 Å². The number of sulfone groups is 1. The minimum absolute atomic E-state index is 0.0355. The summed E-state index contributed by atoms with van der Waals surface area (Å²) in [7, 11) is -3.33. The third-order valence-electron chi connectivity index (χ3n) is 3.56. The van der Waals surface area contributed by atoms with Gasteiger partial charge < -0.3 is 5.32 Å². The summed E-state index contributed by atoms with van der Waals surface area (Å²) in [4.78, 5) is 0.194. The quantitative estimate of drug-likeness (QED) is 0.854. The van der Waals surface area contributed by atoms with Gasteiger partial charge in [-0.3, -0.25) is 0 Å². The molecule has 0 fully saturated rings. The van der Waals surface area contributed by atoms with E-state index in [1.165, 1.54) is 18.2 Å². The SMILES string of the molecule is O=S1(=O)CCC(Nc2ccccc2Cl)c2cc(F)ccc21. The summed E-state index contributed by atoms with van der Waals surface area (Å²) in [6.45, 7) is 0. The Morgan fingerprint density at radius 2 is 1.95 bits per heavy atom. The average molecular weight is 326 g/mol. The van der Waals surface area contributed by atoms with Gasteiger partial charge in [-0.05, 0) is 42.3 Å². The number of anilines is 1. The predicted molar refractivity (Wildman–Crippen MR) is 80.9 cm³/mol. The third-order valence-corrected chi connectivity index (χ3v) is 5.71. The van der Waals surface area contributed by atoms with E-state index in [0.717, 1.165) is 0 Å². The fraction of sp³-hybridized carbons (Fsp3) is 0.200. The Hall–Kier alpha value is -1.59. The van der Waals surface area contributed by atoms with Gasteiger partial charge in [-0.25, -0.2) is 12.8 Å². The van der Waals surface area contributed by atoms with E-state index in [1.807, 2.05) is 18.2 Å². The van der Waals surface area contributed by atoms with Crippen LogP contribution in [-0.4, -0.2) is 14.2 Å². The molecular weight excluding hydrogens is 313 g/mol. The van der Waals surface area contributed by atoms with Crippen molar-refractivity contribution in [3.8, 4) is 0 Å². The molecule has 1 N–H and O–H groups in total. The molecule has 0 amide bonds. The Bertz CT molecular complexity index is 792. The van der Waals surface area contributed by atoms with Crippen molar-refractivity contribution in [2.75, 3.05) is 11.1 Å². The molecule has 110 valence electrons. The lowest BCUT2D eigenvalue weighted by Gasteiger charge is -2.27. The van der Waals surface area contributed by atoms with Gasteiger partial charge in [0.1, 0.15) is 5.82 Å². The van der Waals surface area contributed by atoms with Gasteiger partial charge in [0.2, 0.25) is 0 Å². The van der Waals surface area contributed by atoms with E-state index in [0.29, 0.717) is 22.7 Å². The summed E-state index contributed by atoms with van der Waals surface area (Å²) < 4.78 is 37.6. The molecule has 1 atom stereocenters. The van der Waals surface area contributed by atoms with Crippen molar-refractivity contribution in [2.45, 2.75) is 17.4 Å².